The molecule has 32 heavy (non-hydrogen) atoms. The first kappa shape index (κ1) is 23.6. The fraction of sp³-hybridized carbons (Fsp3) is 0.364. The van der Waals surface area contributed by atoms with Crippen molar-refractivity contribution in [1.82, 2.24) is 10.6 Å². The number of nitrogens with one attached hydrogen (secondary N) is 2. The highest BCUT2D eigenvalue weighted by molar-refractivity contribution is 7.92. The molecule has 4 bridgehead atoms. The van der Waals surface area contributed by atoms with Crippen LogP contribution in [0.15, 0.2) is 42.5 Å². The van der Waals surface area contributed by atoms with Crippen molar-refractivity contribution in [2.45, 2.75) is 18.9 Å². The fourth-order valence-electron chi connectivity index (χ4n) is 3.29. The Morgan fingerprint density at radius 1 is 1.12 bits per heavy atom. The number of aliphatic hydroxyl groups is 1. The molecule has 0 aromatic heterocycles. The van der Waals surface area contributed by atoms with Crippen LogP contribution in [0.4, 0.5) is 5.69 Å². The molecule has 0 aliphatic carbocycles. The van der Waals surface area contributed by atoms with Gasteiger partial charge in [-0.3, -0.25) is 13.9 Å². The standard InChI is InChI=1S/C22H27N3O6S/c1-25(32(2,29)30)19-12-16-11-17(13-19)22(28)24-18(14-26)9-15-5-3-6-20(10-15)31-8-4-7-23-21(16)27/h3,5-6,10-13,18,26H,4,7-9,14H2,1-2H3,(H,23,27)(H,24,28)/t18-/m0/s1. The summed E-state index contributed by atoms with van der Waals surface area (Å²) in [6.07, 6.45) is 1.97. The molecule has 2 amide bonds. The smallest absolute Gasteiger partial charge is 0.251 e. The number of anilines is 1. The van der Waals surface area contributed by atoms with Crippen molar-refractivity contribution < 1.29 is 27.9 Å². The van der Waals surface area contributed by atoms with E-state index in [1.165, 1.54) is 25.2 Å². The molecule has 1 heterocycles. The van der Waals surface area contributed by atoms with Crippen molar-refractivity contribution in [2.75, 3.05) is 37.4 Å². The van der Waals surface area contributed by atoms with Crippen LogP contribution in [0.1, 0.15) is 32.7 Å². The fourth-order valence-corrected chi connectivity index (χ4v) is 3.78. The Balaban J connectivity index is 1.99. The molecule has 10 heteroatoms. The van der Waals surface area contributed by atoms with Gasteiger partial charge in [-0.25, -0.2) is 8.42 Å². The summed E-state index contributed by atoms with van der Waals surface area (Å²) < 4.78 is 30.8. The largest absolute Gasteiger partial charge is 0.494 e. The molecule has 1 aliphatic rings. The third kappa shape index (κ3) is 5.98. The second kappa shape index (κ2) is 10.0. The molecule has 0 spiro atoms. The molecule has 0 fully saturated rings. The van der Waals surface area contributed by atoms with Gasteiger partial charge in [0, 0.05) is 24.7 Å². The van der Waals surface area contributed by atoms with Crippen molar-refractivity contribution in [3.05, 3.63) is 59.2 Å². The van der Waals surface area contributed by atoms with Crippen molar-refractivity contribution in [1.29, 1.82) is 0 Å². The molecule has 2 aromatic carbocycles. The molecule has 172 valence electrons. The summed E-state index contributed by atoms with van der Waals surface area (Å²) in [5.74, 6) is -0.292. The highest BCUT2D eigenvalue weighted by atomic mass is 32.2. The van der Waals surface area contributed by atoms with Gasteiger partial charge in [-0.1, -0.05) is 12.1 Å². The van der Waals surface area contributed by atoms with Gasteiger partial charge in [0.2, 0.25) is 10.0 Å². The van der Waals surface area contributed by atoms with E-state index in [-0.39, 0.29) is 23.4 Å². The molecule has 2 aromatic rings. The van der Waals surface area contributed by atoms with E-state index in [2.05, 4.69) is 10.6 Å². The second-order valence-corrected chi connectivity index (χ2v) is 9.68. The maximum absolute atomic E-state index is 12.9. The second-order valence-electron chi connectivity index (χ2n) is 7.66. The van der Waals surface area contributed by atoms with Crippen LogP contribution < -0.4 is 19.7 Å². The molecule has 0 saturated heterocycles. The summed E-state index contributed by atoms with van der Waals surface area (Å²) in [5, 5.41) is 15.3. The lowest BCUT2D eigenvalue weighted by atomic mass is 10.0. The van der Waals surface area contributed by atoms with Gasteiger partial charge in [-0.2, -0.15) is 0 Å². The molecule has 0 saturated carbocycles. The Bertz CT molecular complexity index is 1100. The molecule has 0 unspecified atom stereocenters. The van der Waals surface area contributed by atoms with Gasteiger partial charge in [0.25, 0.3) is 11.8 Å². The monoisotopic (exact) mass is 461 g/mol. The highest BCUT2D eigenvalue weighted by Crippen LogP contribution is 2.21. The average molecular weight is 462 g/mol. The summed E-state index contributed by atoms with van der Waals surface area (Å²) in [4.78, 5) is 25.6. The normalized spacial score (nSPS) is 17.7. The van der Waals surface area contributed by atoms with Crippen LogP contribution in [0.25, 0.3) is 0 Å². The Hall–Kier alpha value is -3.11. The van der Waals surface area contributed by atoms with E-state index >= 15 is 0 Å². The van der Waals surface area contributed by atoms with E-state index in [0.29, 0.717) is 31.7 Å². The lowest BCUT2D eigenvalue weighted by Gasteiger charge is -2.21. The summed E-state index contributed by atoms with van der Waals surface area (Å²) >= 11 is 0. The van der Waals surface area contributed by atoms with Gasteiger partial charge in [0.1, 0.15) is 5.75 Å². The van der Waals surface area contributed by atoms with Crippen LogP contribution >= 0.6 is 0 Å². The van der Waals surface area contributed by atoms with Crippen LogP contribution in [0, 0.1) is 0 Å². The summed E-state index contributed by atoms with van der Waals surface area (Å²) in [5.41, 5.74) is 1.34. The first-order valence-corrected chi connectivity index (χ1v) is 12.0. The predicted octanol–water partition coefficient (Wildman–Crippen LogP) is 0.928. The number of nitrogens with zero attached hydrogens (tertiary/aromatic N) is 1. The predicted molar refractivity (Wildman–Crippen MR) is 121 cm³/mol. The minimum atomic E-state index is -3.61. The highest BCUT2D eigenvalue weighted by Gasteiger charge is 2.20. The lowest BCUT2D eigenvalue weighted by Crippen LogP contribution is -2.39. The number of amides is 2. The summed E-state index contributed by atoms with van der Waals surface area (Å²) in [7, 11) is -2.26. The van der Waals surface area contributed by atoms with E-state index in [9.17, 15) is 23.1 Å². The van der Waals surface area contributed by atoms with Crippen LogP contribution in [-0.4, -0.2) is 64.4 Å². The number of hydrogen-bond donors (Lipinski definition) is 3. The lowest BCUT2D eigenvalue weighted by molar-refractivity contribution is 0.0916. The Morgan fingerprint density at radius 2 is 1.84 bits per heavy atom. The zero-order valence-electron chi connectivity index (χ0n) is 18.0. The van der Waals surface area contributed by atoms with Gasteiger partial charge in [-0.05, 0) is 48.7 Å². The number of sulfonamides is 1. The van der Waals surface area contributed by atoms with Gasteiger partial charge in [0.05, 0.1) is 31.2 Å². The minimum absolute atomic E-state index is 0.116. The Labute approximate surface area is 187 Å². The quantitative estimate of drug-likeness (QED) is 0.625. The van der Waals surface area contributed by atoms with Crippen molar-refractivity contribution in [3.8, 4) is 5.75 Å². The number of aliphatic hydroxyl groups excluding tert-OH is 1. The third-order valence-electron chi connectivity index (χ3n) is 5.11. The van der Waals surface area contributed by atoms with Crippen LogP contribution in [0.2, 0.25) is 0 Å². The molecule has 1 aliphatic heterocycles. The molecule has 0 radical (unpaired) electrons. The number of benzene rings is 2. The maximum Gasteiger partial charge on any atom is 0.251 e. The van der Waals surface area contributed by atoms with Gasteiger partial charge in [0.15, 0.2) is 0 Å². The van der Waals surface area contributed by atoms with E-state index < -0.39 is 27.9 Å². The number of carbonyl (C=O) groups excluding carboxylic acids is 2. The minimum Gasteiger partial charge on any atom is -0.494 e. The van der Waals surface area contributed by atoms with E-state index in [4.69, 9.17) is 4.74 Å². The Kier molecular flexibility index (Phi) is 7.37. The number of rotatable bonds is 3. The van der Waals surface area contributed by atoms with Crippen molar-refractivity contribution in [2.24, 2.45) is 0 Å². The van der Waals surface area contributed by atoms with Crippen LogP contribution in [-0.2, 0) is 16.4 Å². The van der Waals surface area contributed by atoms with Crippen molar-refractivity contribution >= 4 is 27.5 Å². The van der Waals surface area contributed by atoms with Crippen molar-refractivity contribution in [3.63, 3.8) is 0 Å². The topological polar surface area (TPSA) is 125 Å². The number of carbonyl (C=O) groups is 2. The zero-order valence-corrected chi connectivity index (χ0v) is 18.8. The molecule has 1 atom stereocenters. The summed E-state index contributed by atoms with van der Waals surface area (Å²) in [6.45, 7) is 0.442. The number of hydrogen-bond acceptors (Lipinski definition) is 6. The van der Waals surface area contributed by atoms with Gasteiger partial charge >= 0.3 is 0 Å². The first-order chi connectivity index (χ1) is 15.2. The molecular weight excluding hydrogens is 434 g/mol. The zero-order chi connectivity index (χ0) is 23.3. The van der Waals surface area contributed by atoms with Crippen LogP contribution in [0.5, 0.6) is 5.75 Å². The van der Waals surface area contributed by atoms with E-state index in [0.717, 1.165) is 16.1 Å². The number of fused-ring (bicyclic) bond motifs is 4. The third-order valence-corrected chi connectivity index (χ3v) is 6.32. The molecule has 9 nitrogen and oxygen atoms in total. The van der Waals surface area contributed by atoms with Crippen LogP contribution in [0.3, 0.4) is 0 Å². The van der Waals surface area contributed by atoms with Gasteiger partial charge < -0.3 is 20.5 Å². The molecular formula is C22H27N3O6S. The van der Waals surface area contributed by atoms with E-state index in [1.54, 1.807) is 0 Å². The SMILES string of the molecule is CN(c1cc2cc(c1)C(=O)N[C@H](CO)Cc1cccc(c1)OCCCNC2=O)S(C)(=O)=O. The number of ether oxygens (including phenoxy) is 1. The first-order valence-electron chi connectivity index (χ1n) is 10.2. The molecule has 3 N–H and O–H groups in total. The van der Waals surface area contributed by atoms with E-state index in [1.807, 2.05) is 24.3 Å². The average Bonchev–Trinajstić information content (AvgIpc) is 2.76. The van der Waals surface area contributed by atoms with Gasteiger partial charge in [-0.15, -0.1) is 0 Å². The maximum atomic E-state index is 12.9. The summed E-state index contributed by atoms with van der Waals surface area (Å²) in [6, 6.07) is 11.0. The molecule has 3 rings (SSSR count). The Morgan fingerprint density at radius 3 is 2.53 bits per heavy atom.